The lowest BCUT2D eigenvalue weighted by Gasteiger charge is -2.41. The second-order valence-electron chi connectivity index (χ2n) is 6.58. The van der Waals surface area contributed by atoms with E-state index < -0.39 is 11.0 Å². The van der Waals surface area contributed by atoms with Gasteiger partial charge in [0.1, 0.15) is 5.60 Å². The minimum Gasteiger partial charge on any atom is -0.469 e. The normalized spacial score (nSPS) is 29.8. The Bertz CT molecular complexity index is 404. The standard InChI is InChI=1S/C14H24N2O4/c1-13(2,3)20-12(18)16-8-6-14(11(17)19-4)5-7-15-10(14)9-16/h10,15H,5-9H2,1-4H3. The minimum atomic E-state index is -0.503. The predicted octanol–water partition coefficient (Wildman–Crippen LogP) is 1.15. The number of hydrogen-bond acceptors (Lipinski definition) is 5. The monoisotopic (exact) mass is 284 g/mol. The SMILES string of the molecule is COC(=O)C12CCNC1CN(C(=O)OC(C)(C)C)CC2. The quantitative estimate of drug-likeness (QED) is 0.732. The lowest BCUT2D eigenvalue weighted by molar-refractivity contribution is -0.156. The molecule has 2 heterocycles. The third kappa shape index (κ3) is 2.75. The third-order valence-corrected chi connectivity index (χ3v) is 4.10. The van der Waals surface area contributed by atoms with E-state index in [4.69, 9.17) is 9.47 Å². The molecule has 1 N–H and O–H groups in total. The maximum atomic E-state index is 12.1. The highest BCUT2D eigenvalue weighted by Gasteiger charge is 2.53. The highest BCUT2D eigenvalue weighted by Crippen LogP contribution is 2.40. The molecule has 2 aliphatic heterocycles. The maximum absolute atomic E-state index is 12.1. The van der Waals surface area contributed by atoms with Crippen molar-refractivity contribution in [2.45, 2.75) is 45.3 Å². The van der Waals surface area contributed by atoms with Crippen LogP contribution in [0.5, 0.6) is 0 Å². The molecule has 0 saturated carbocycles. The summed E-state index contributed by atoms with van der Waals surface area (Å²) in [5.41, 5.74) is -0.982. The van der Waals surface area contributed by atoms with Crippen LogP contribution in [0.4, 0.5) is 4.79 Å². The Morgan fingerprint density at radius 2 is 2.00 bits per heavy atom. The molecule has 2 rings (SSSR count). The molecule has 20 heavy (non-hydrogen) atoms. The number of methoxy groups -OCH3 is 1. The van der Waals surface area contributed by atoms with Crippen molar-refractivity contribution in [2.75, 3.05) is 26.7 Å². The fourth-order valence-corrected chi connectivity index (χ4v) is 3.07. The van der Waals surface area contributed by atoms with Gasteiger partial charge in [-0.15, -0.1) is 0 Å². The number of amides is 1. The number of hydrogen-bond donors (Lipinski definition) is 1. The molecule has 0 spiro atoms. The van der Waals surface area contributed by atoms with Crippen LogP contribution < -0.4 is 5.32 Å². The highest BCUT2D eigenvalue weighted by molar-refractivity contribution is 5.79. The van der Waals surface area contributed by atoms with Crippen molar-refractivity contribution >= 4 is 12.1 Å². The van der Waals surface area contributed by atoms with Gasteiger partial charge in [-0.3, -0.25) is 4.79 Å². The number of fused-ring (bicyclic) bond motifs is 1. The van der Waals surface area contributed by atoms with Gasteiger partial charge < -0.3 is 19.7 Å². The molecular formula is C14H24N2O4. The van der Waals surface area contributed by atoms with Gasteiger partial charge in [-0.1, -0.05) is 0 Å². The van der Waals surface area contributed by atoms with E-state index in [0.717, 1.165) is 13.0 Å². The lowest BCUT2D eigenvalue weighted by atomic mass is 9.75. The fraction of sp³-hybridized carbons (Fsp3) is 0.857. The molecule has 0 aromatic rings. The van der Waals surface area contributed by atoms with E-state index in [1.165, 1.54) is 7.11 Å². The number of carbonyl (C=O) groups is 2. The van der Waals surface area contributed by atoms with Crippen LogP contribution in [0.3, 0.4) is 0 Å². The van der Waals surface area contributed by atoms with Gasteiger partial charge in [-0.25, -0.2) is 4.79 Å². The second-order valence-corrected chi connectivity index (χ2v) is 6.58. The van der Waals surface area contributed by atoms with Crippen LogP contribution in [0, 0.1) is 5.41 Å². The van der Waals surface area contributed by atoms with Crippen LogP contribution in [0.15, 0.2) is 0 Å². The molecular weight excluding hydrogens is 260 g/mol. The van der Waals surface area contributed by atoms with Crippen molar-refractivity contribution in [3.8, 4) is 0 Å². The molecule has 114 valence electrons. The molecule has 1 amide bonds. The highest BCUT2D eigenvalue weighted by atomic mass is 16.6. The lowest BCUT2D eigenvalue weighted by Crippen LogP contribution is -2.57. The molecule has 0 aliphatic carbocycles. The summed E-state index contributed by atoms with van der Waals surface area (Å²) in [7, 11) is 1.42. The van der Waals surface area contributed by atoms with Gasteiger partial charge in [0.15, 0.2) is 0 Å². The number of piperidine rings is 1. The summed E-state index contributed by atoms with van der Waals surface area (Å²) in [6.45, 7) is 7.35. The van der Waals surface area contributed by atoms with Crippen LogP contribution in [-0.4, -0.2) is 55.3 Å². The summed E-state index contributed by atoms with van der Waals surface area (Å²) >= 11 is 0. The Balaban J connectivity index is 2.05. The zero-order valence-electron chi connectivity index (χ0n) is 12.7. The van der Waals surface area contributed by atoms with Gasteiger partial charge in [0.25, 0.3) is 0 Å². The Morgan fingerprint density at radius 3 is 2.60 bits per heavy atom. The largest absolute Gasteiger partial charge is 0.469 e. The van der Waals surface area contributed by atoms with E-state index >= 15 is 0 Å². The van der Waals surface area contributed by atoms with Crippen molar-refractivity contribution in [3.05, 3.63) is 0 Å². The second kappa shape index (κ2) is 5.24. The van der Waals surface area contributed by atoms with Crippen LogP contribution in [0.1, 0.15) is 33.6 Å². The van der Waals surface area contributed by atoms with E-state index in [1.54, 1.807) is 4.90 Å². The summed E-state index contributed by atoms with van der Waals surface area (Å²) in [4.78, 5) is 25.9. The van der Waals surface area contributed by atoms with Crippen molar-refractivity contribution in [1.29, 1.82) is 0 Å². The van der Waals surface area contributed by atoms with Gasteiger partial charge in [0.2, 0.25) is 0 Å². The molecule has 6 nitrogen and oxygen atoms in total. The van der Waals surface area contributed by atoms with Gasteiger partial charge in [0.05, 0.1) is 12.5 Å². The van der Waals surface area contributed by atoms with E-state index in [1.807, 2.05) is 20.8 Å². The van der Waals surface area contributed by atoms with Crippen molar-refractivity contribution in [2.24, 2.45) is 5.41 Å². The Labute approximate surface area is 119 Å². The fourth-order valence-electron chi connectivity index (χ4n) is 3.07. The zero-order valence-corrected chi connectivity index (χ0v) is 12.7. The number of carbonyl (C=O) groups excluding carboxylic acids is 2. The van der Waals surface area contributed by atoms with Crippen LogP contribution in [0.2, 0.25) is 0 Å². The number of nitrogens with zero attached hydrogens (tertiary/aromatic N) is 1. The molecule has 0 aromatic heterocycles. The first-order valence-electron chi connectivity index (χ1n) is 7.08. The first-order chi connectivity index (χ1) is 9.28. The Morgan fingerprint density at radius 1 is 1.30 bits per heavy atom. The van der Waals surface area contributed by atoms with Gasteiger partial charge in [0, 0.05) is 19.1 Å². The first kappa shape index (κ1) is 15.1. The van der Waals surface area contributed by atoms with Gasteiger partial charge in [-0.05, 0) is 40.2 Å². The topological polar surface area (TPSA) is 67.9 Å². The Hall–Kier alpha value is -1.30. The van der Waals surface area contributed by atoms with Crippen LogP contribution in [-0.2, 0) is 14.3 Å². The van der Waals surface area contributed by atoms with Crippen molar-refractivity contribution in [1.82, 2.24) is 10.2 Å². The van der Waals surface area contributed by atoms with E-state index in [9.17, 15) is 9.59 Å². The van der Waals surface area contributed by atoms with Crippen molar-refractivity contribution < 1.29 is 19.1 Å². The molecule has 6 heteroatoms. The predicted molar refractivity (Wildman–Crippen MR) is 73.3 cm³/mol. The van der Waals surface area contributed by atoms with Crippen LogP contribution in [0.25, 0.3) is 0 Å². The van der Waals surface area contributed by atoms with Gasteiger partial charge in [-0.2, -0.15) is 0 Å². The maximum Gasteiger partial charge on any atom is 0.410 e. The Kier molecular flexibility index (Phi) is 3.95. The summed E-state index contributed by atoms with van der Waals surface area (Å²) in [6, 6.07) is -0.0452. The average molecular weight is 284 g/mol. The molecule has 0 radical (unpaired) electrons. The molecule has 0 aromatic carbocycles. The summed E-state index contributed by atoms with van der Waals surface area (Å²) < 4.78 is 10.3. The number of nitrogens with one attached hydrogen (secondary N) is 1. The van der Waals surface area contributed by atoms with E-state index in [2.05, 4.69) is 5.32 Å². The number of likely N-dealkylation sites (tertiary alicyclic amines) is 1. The molecule has 2 fully saturated rings. The third-order valence-electron chi connectivity index (χ3n) is 4.10. The minimum absolute atomic E-state index is 0.0452. The molecule has 2 atom stereocenters. The summed E-state index contributed by atoms with van der Waals surface area (Å²) in [5, 5.41) is 3.31. The molecule has 2 aliphatic rings. The first-order valence-corrected chi connectivity index (χ1v) is 7.08. The summed E-state index contributed by atoms with van der Waals surface area (Å²) in [5.74, 6) is -0.170. The van der Waals surface area contributed by atoms with E-state index in [0.29, 0.717) is 19.5 Å². The average Bonchev–Trinajstić information content (AvgIpc) is 2.79. The number of ether oxygens (including phenoxy) is 2. The van der Waals surface area contributed by atoms with Crippen LogP contribution >= 0.6 is 0 Å². The molecule has 2 unspecified atom stereocenters. The van der Waals surface area contributed by atoms with Crippen molar-refractivity contribution in [3.63, 3.8) is 0 Å². The zero-order chi connectivity index (χ0) is 15.0. The van der Waals surface area contributed by atoms with Gasteiger partial charge >= 0.3 is 12.1 Å². The molecule has 2 saturated heterocycles. The molecule has 0 bridgehead atoms. The number of rotatable bonds is 1. The number of esters is 1. The smallest absolute Gasteiger partial charge is 0.410 e. The van der Waals surface area contributed by atoms with E-state index in [-0.39, 0.29) is 18.1 Å². The summed E-state index contributed by atoms with van der Waals surface area (Å²) in [6.07, 6.45) is 1.08.